The number of halogens is 7. The van der Waals surface area contributed by atoms with Crippen molar-refractivity contribution in [1.82, 2.24) is 15.0 Å². The fourth-order valence-electron chi connectivity index (χ4n) is 3.62. The van der Waals surface area contributed by atoms with Gasteiger partial charge in [0.15, 0.2) is 17.4 Å². The quantitative estimate of drug-likeness (QED) is 0.455. The first-order valence-electron chi connectivity index (χ1n) is 10.2. The van der Waals surface area contributed by atoms with Crippen molar-refractivity contribution in [1.29, 1.82) is 0 Å². The maximum Gasteiger partial charge on any atom is 0.573 e. The van der Waals surface area contributed by atoms with E-state index in [4.69, 9.17) is 0 Å². The molecule has 1 amide bonds. The Labute approximate surface area is 193 Å². The van der Waals surface area contributed by atoms with Gasteiger partial charge in [-0.05, 0) is 41.7 Å². The molecule has 1 heterocycles. The summed E-state index contributed by atoms with van der Waals surface area (Å²) in [5, 5.41) is 10.4. The summed E-state index contributed by atoms with van der Waals surface area (Å²) in [6.45, 7) is -0.0957. The molecular formula is C22H17F7N4O2. The molecule has 4 rings (SSSR count). The first-order valence-corrected chi connectivity index (χ1v) is 10.2. The molecule has 1 aliphatic rings. The van der Waals surface area contributed by atoms with Gasteiger partial charge >= 0.3 is 12.5 Å². The molecule has 1 saturated carbocycles. The van der Waals surface area contributed by atoms with E-state index < -0.39 is 35.4 Å². The molecule has 0 unspecified atom stereocenters. The van der Waals surface area contributed by atoms with Gasteiger partial charge in [0, 0.05) is 0 Å². The number of aromatic nitrogens is 3. The van der Waals surface area contributed by atoms with Gasteiger partial charge in [-0.2, -0.15) is 23.1 Å². The molecule has 0 aliphatic heterocycles. The molecule has 13 heteroatoms. The van der Waals surface area contributed by atoms with Crippen molar-refractivity contribution < 1.29 is 40.3 Å². The molecule has 186 valence electrons. The van der Waals surface area contributed by atoms with Crippen molar-refractivity contribution in [3.8, 4) is 5.75 Å². The van der Waals surface area contributed by atoms with Gasteiger partial charge < -0.3 is 10.1 Å². The third-order valence-electron chi connectivity index (χ3n) is 5.51. The number of hydrogen-bond acceptors (Lipinski definition) is 4. The average molecular weight is 502 g/mol. The summed E-state index contributed by atoms with van der Waals surface area (Å²) >= 11 is 0. The Balaban J connectivity index is 1.33. The number of carbonyl (C=O) groups excluding carboxylic acids is 1. The molecule has 1 N–H and O–H groups in total. The van der Waals surface area contributed by atoms with Crippen LogP contribution in [0.3, 0.4) is 0 Å². The zero-order valence-electron chi connectivity index (χ0n) is 17.8. The minimum Gasteiger partial charge on any atom is -0.403 e. The fraction of sp³-hybridized carbons (Fsp3) is 0.318. The minimum atomic E-state index is -5.02. The number of anilines is 1. The molecule has 1 aromatic heterocycles. The highest BCUT2D eigenvalue weighted by Gasteiger charge is 2.64. The number of hydrogen-bond donors (Lipinski definition) is 1. The first-order chi connectivity index (χ1) is 16.3. The number of rotatable bonds is 7. The van der Waals surface area contributed by atoms with E-state index in [0.29, 0.717) is 5.56 Å². The second kappa shape index (κ2) is 8.86. The smallest absolute Gasteiger partial charge is 0.403 e. The maximum absolute atomic E-state index is 13.8. The maximum atomic E-state index is 13.8. The third kappa shape index (κ3) is 5.72. The van der Waals surface area contributed by atoms with E-state index in [1.165, 1.54) is 36.5 Å². The van der Waals surface area contributed by atoms with Crippen molar-refractivity contribution in [3.63, 3.8) is 0 Å². The summed E-state index contributed by atoms with van der Waals surface area (Å²) in [7, 11) is 0. The first kappa shape index (κ1) is 24.5. The molecule has 3 aromatic rings. The lowest BCUT2D eigenvalue weighted by atomic mass is 9.94. The van der Waals surface area contributed by atoms with Crippen LogP contribution in [0.1, 0.15) is 29.5 Å². The van der Waals surface area contributed by atoms with E-state index in [-0.39, 0.29) is 42.8 Å². The monoisotopic (exact) mass is 502 g/mol. The largest absolute Gasteiger partial charge is 0.573 e. The van der Waals surface area contributed by atoms with Crippen LogP contribution >= 0.6 is 0 Å². The van der Waals surface area contributed by atoms with Crippen LogP contribution in [0.15, 0.2) is 48.7 Å². The Morgan fingerprint density at radius 2 is 1.69 bits per heavy atom. The molecular weight excluding hydrogens is 485 g/mol. The number of carbonyl (C=O) groups is 1. The number of alkyl halides is 6. The van der Waals surface area contributed by atoms with Crippen LogP contribution < -0.4 is 10.1 Å². The SMILES string of the molecule is O=C(Cc1ccc(C2(C(F)(F)F)CC2)cc1)Nc1cnn(Cc2ccc(OC(F)(F)F)c(F)c2)n1. The van der Waals surface area contributed by atoms with Crippen molar-refractivity contribution in [3.05, 3.63) is 71.2 Å². The van der Waals surface area contributed by atoms with Crippen LogP contribution in [0.25, 0.3) is 0 Å². The standard InChI is InChI=1S/C22H17F7N4O2/c23-16-9-14(3-6-17(16)35-22(27,28)29)12-33-30-11-18(32-33)31-19(34)10-13-1-4-15(5-2-13)20(7-8-20)21(24,25)26/h1-6,9,11H,7-8,10,12H2,(H,31,32,34). The van der Waals surface area contributed by atoms with Crippen LogP contribution in [-0.4, -0.2) is 33.4 Å². The van der Waals surface area contributed by atoms with Crippen LogP contribution in [0.5, 0.6) is 5.75 Å². The fourth-order valence-corrected chi connectivity index (χ4v) is 3.62. The lowest BCUT2D eigenvalue weighted by Gasteiger charge is -2.19. The zero-order chi connectivity index (χ0) is 25.4. The topological polar surface area (TPSA) is 69.0 Å². The van der Waals surface area contributed by atoms with Crippen LogP contribution in [-0.2, 0) is 23.2 Å². The summed E-state index contributed by atoms with van der Waals surface area (Å²) in [5.74, 6) is -2.60. The van der Waals surface area contributed by atoms with Gasteiger partial charge in [-0.15, -0.1) is 18.3 Å². The molecule has 0 radical (unpaired) electrons. The van der Waals surface area contributed by atoms with Gasteiger partial charge in [0.2, 0.25) is 5.91 Å². The van der Waals surface area contributed by atoms with Crippen molar-refractivity contribution >= 4 is 11.7 Å². The van der Waals surface area contributed by atoms with Gasteiger partial charge in [0.05, 0.1) is 24.6 Å². The molecule has 0 atom stereocenters. The third-order valence-corrected chi connectivity index (χ3v) is 5.51. The molecule has 0 spiro atoms. The van der Waals surface area contributed by atoms with Crippen molar-refractivity contribution in [2.24, 2.45) is 0 Å². The summed E-state index contributed by atoms with van der Waals surface area (Å²) in [6, 6.07) is 8.58. The van der Waals surface area contributed by atoms with Crippen molar-refractivity contribution in [2.45, 2.75) is 43.8 Å². The Kier molecular flexibility index (Phi) is 6.20. The molecule has 6 nitrogen and oxygen atoms in total. The highest BCUT2D eigenvalue weighted by molar-refractivity contribution is 5.91. The van der Waals surface area contributed by atoms with E-state index in [1.54, 1.807) is 0 Å². The second-order valence-electron chi connectivity index (χ2n) is 8.07. The highest BCUT2D eigenvalue weighted by Crippen LogP contribution is 2.58. The lowest BCUT2D eigenvalue weighted by molar-refractivity contribution is -0.275. The van der Waals surface area contributed by atoms with Crippen LogP contribution in [0, 0.1) is 5.82 Å². The summed E-state index contributed by atoms with van der Waals surface area (Å²) in [5.41, 5.74) is -0.862. The highest BCUT2D eigenvalue weighted by atomic mass is 19.4. The Morgan fingerprint density at radius 3 is 2.26 bits per heavy atom. The van der Waals surface area contributed by atoms with Gasteiger partial charge in [-0.3, -0.25) is 4.79 Å². The number of amides is 1. The predicted molar refractivity (Wildman–Crippen MR) is 108 cm³/mol. The van der Waals surface area contributed by atoms with Gasteiger partial charge in [-0.1, -0.05) is 30.3 Å². The Morgan fingerprint density at radius 1 is 1.03 bits per heavy atom. The number of nitrogens with zero attached hydrogens (tertiary/aromatic N) is 3. The number of nitrogens with one attached hydrogen (secondary N) is 1. The minimum absolute atomic E-state index is 0.0457. The van der Waals surface area contributed by atoms with Gasteiger partial charge in [0.25, 0.3) is 0 Å². The zero-order valence-corrected chi connectivity index (χ0v) is 17.8. The summed E-state index contributed by atoms with van der Waals surface area (Å²) in [4.78, 5) is 13.4. The molecule has 0 saturated heterocycles. The van der Waals surface area contributed by atoms with E-state index in [0.717, 1.165) is 16.9 Å². The summed E-state index contributed by atoms with van der Waals surface area (Å²) < 4.78 is 93.8. The normalized spacial score (nSPS) is 15.1. The Bertz CT molecular complexity index is 1220. The lowest BCUT2D eigenvalue weighted by Crippen LogP contribution is -2.28. The van der Waals surface area contributed by atoms with Gasteiger partial charge in [0.1, 0.15) is 0 Å². The van der Waals surface area contributed by atoms with E-state index in [2.05, 4.69) is 20.3 Å². The number of ether oxygens (including phenoxy) is 1. The van der Waals surface area contributed by atoms with E-state index in [9.17, 15) is 35.5 Å². The van der Waals surface area contributed by atoms with Crippen LogP contribution in [0.2, 0.25) is 0 Å². The van der Waals surface area contributed by atoms with E-state index >= 15 is 0 Å². The average Bonchev–Trinajstić information content (AvgIpc) is 3.46. The predicted octanol–water partition coefficient (Wildman–Crippen LogP) is 5.14. The van der Waals surface area contributed by atoms with Crippen LogP contribution in [0.4, 0.5) is 36.6 Å². The Hall–Kier alpha value is -3.64. The second-order valence-corrected chi connectivity index (χ2v) is 8.07. The molecule has 1 aliphatic carbocycles. The molecule has 0 bridgehead atoms. The molecule has 2 aromatic carbocycles. The van der Waals surface area contributed by atoms with Crippen molar-refractivity contribution in [2.75, 3.05) is 5.32 Å². The van der Waals surface area contributed by atoms with Gasteiger partial charge in [-0.25, -0.2) is 4.39 Å². The molecule has 1 fully saturated rings. The molecule has 35 heavy (non-hydrogen) atoms. The summed E-state index contributed by atoms with van der Waals surface area (Å²) in [6.07, 6.45) is -8.14. The number of benzene rings is 2. The van der Waals surface area contributed by atoms with E-state index in [1.807, 2.05) is 0 Å².